The lowest BCUT2D eigenvalue weighted by Crippen LogP contribution is -2.62. The van der Waals surface area contributed by atoms with E-state index in [4.69, 9.17) is 5.11 Å². The number of rotatable bonds is 4. The van der Waals surface area contributed by atoms with Crippen molar-refractivity contribution < 1.29 is 14.7 Å². The molecular formula is C12H20N2O3. The number of hydrogen-bond acceptors (Lipinski definition) is 3. The largest absolute Gasteiger partial charge is 0.481 e. The quantitative estimate of drug-likeness (QED) is 0.748. The molecule has 2 rings (SSSR count). The number of amides is 1. The molecule has 0 bridgehead atoms. The summed E-state index contributed by atoms with van der Waals surface area (Å²) >= 11 is 0. The van der Waals surface area contributed by atoms with Gasteiger partial charge in [0.2, 0.25) is 5.91 Å². The fourth-order valence-corrected chi connectivity index (χ4v) is 2.84. The van der Waals surface area contributed by atoms with E-state index in [2.05, 4.69) is 12.2 Å². The van der Waals surface area contributed by atoms with Gasteiger partial charge in [0, 0.05) is 13.1 Å². The SMILES string of the molecule is CCCC1(C(=O)N2CC(C(=O)O)C2)CCCN1. The fourth-order valence-electron chi connectivity index (χ4n) is 2.84. The molecule has 0 aromatic rings. The molecule has 1 unspecified atom stereocenters. The van der Waals surface area contributed by atoms with Gasteiger partial charge in [0.25, 0.3) is 0 Å². The Morgan fingerprint density at radius 2 is 2.18 bits per heavy atom. The molecule has 2 fully saturated rings. The summed E-state index contributed by atoms with van der Waals surface area (Å²) in [6, 6.07) is 0. The zero-order valence-corrected chi connectivity index (χ0v) is 10.2. The average Bonchev–Trinajstić information content (AvgIpc) is 2.65. The highest BCUT2D eigenvalue weighted by Gasteiger charge is 2.46. The summed E-state index contributed by atoms with van der Waals surface area (Å²) < 4.78 is 0. The van der Waals surface area contributed by atoms with E-state index in [-0.39, 0.29) is 11.8 Å². The molecule has 17 heavy (non-hydrogen) atoms. The molecule has 2 heterocycles. The molecule has 5 nitrogen and oxygen atoms in total. The van der Waals surface area contributed by atoms with E-state index in [0.29, 0.717) is 13.1 Å². The van der Waals surface area contributed by atoms with Crippen LogP contribution in [0.25, 0.3) is 0 Å². The fraction of sp³-hybridized carbons (Fsp3) is 0.833. The smallest absolute Gasteiger partial charge is 0.310 e. The highest BCUT2D eigenvalue weighted by Crippen LogP contribution is 2.30. The minimum absolute atomic E-state index is 0.106. The molecule has 0 aromatic heterocycles. The van der Waals surface area contributed by atoms with Crippen molar-refractivity contribution in [1.82, 2.24) is 10.2 Å². The van der Waals surface area contributed by atoms with Crippen molar-refractivity contribution in [3.8, 4) is 0 Å². The van der Waals surface area contributed by atoms with E-state index in [1.54, 1.807) is 4.90 Å². The van der Waals surface area contributed by atoms with E-state index in [9.17, 15) is 9.59 Å². The van der Waals surface area contributed by atoms with Crippen molar-refractivity contribution in [3.05, 3.63) is 0 Å². The summed E-state index contributed by atoms with van der Waals surface area (Å²) in [7, 11) is 0. The van der Waals surface area contributed by atoms with Crippen LogP contribution in [0.15, 0.2) is 0 Å². The van der Waals surface area contributed by atoms with Crippen molar-refractivity contribution in [1.29, 1.82) is 0 Å². The monoisotopic (exact) mass is 240 g/mol. The molecule has 0 saturated carbocycles. The first kappa shape index (κ1) is 12.4. The second-order valence-electron chi connectivity index (χ2n) is 5.11. The van der Waals surface area contributed by atoms with Gasteiger partial charge in [-0.05, 0) is 25.8 Å². The van der Waals surface area contributed by atoms with Crippen molar-refractivity contribution >= 4 is 11.9 Å². The summed E-state index contributed by atoms with van der Waals surface area (Å²) in [5.74, 6) is -1.05. The number of carbonyl (C=O) groups excluding carboxylic acids is 1. The van der Waals surface area contributed by atoms with Gasteiger partial charge < -0.3 is 15.3 Å². The Morgan fingerprint density at radius 1 is 1.47 bits per heavy atom. The van der Waals surface area contributed by atoms with Crippen LogP contribution < -0.4 is 5.32 Å². The zero-order valence-electron chi connectivity index (χ0n) is 10.2. The molecular weight excluding hydrogens is 220 g/mol. The van der Waals surface area contributed by atoms with Crippen LogP contribution in [0.2, 0.25) is 0 Å². The third kappa shape index (κ3) is 2.16. The number of hydrogen-bond donors (Lipinski definition) is 2. The van der Waals surface area contributed by atoms with Gasteiger partial charge in [-0.15, -0.1) is 0 Å². The van der Waals surface area contributed by atoms with E-state index >= 15 is 0 Å². The Hall–Kier alpha value is -1.10. The topological polar surface area (TPSA) is 69.6 Å². The summed E-state index contributed by atoms with van der Waals surface area (Å²) in [6.45, 7) is 3.72. The van der Waals surface area contributed by atoms with Gasteiger partial charge in [-0.25, -0.2) is 0 Å². The zero-order chi connectivity index (χ0) is 12.5. The van der Waals surface area contributed by atoms with Gasteiger partial charge in [-0.3, -0.25) is 9.59 Å². The van der Waals surface area contributed by atoms with E-state index in [1.807, 2.05) is 0 Å². The Kier molecular flexibility index (Phi) is 3.38. The van der Waals surface area contributed by atoms with E-state index in [1.165, 1.54) is 0 Å². The lowest BCUT2D eigenvalue weighted by atomic mass is 9.87. The number of aliphatic carboxylic acids is 1. The molecule has 2 aliphatic rings. The van der Waals surface area contributed by atoms with Crippen LogP contribution in [0.4, 0.5) is 0 Å². The number of carbonyl (C=O) groups is 2. The molecule has 0 spiro atoms. The Balaban J connectivity index is 1.97. The highest BCUT2D eigenvalue weighted by molar-refractivity contribution is 5.89. The Morgan fingerprint density at radius 3 is 2.65 bits per heavy atom. The van der Waals surface area contributed by atoms with Crippen LogP contribution in [-0.2, 0) is 9.59 Å². The lowest BCUT2D eigenvalue weighted by Gasteiger charge is -2.42. The first-order chi connectivity index (χ1) is 8.09. The Bertz CT molecular complexity index is 318. The van der Waals surface area contributed by atoms with E-state index in [0.717, 1.165) is 32.2 Å². The average molecular weight is 240 g/mol. The first-order valence-corrected chi connectivity index (χ1v) is 6.36. The molecule has 0 aromatic carbocycles. The molecule has 0 radical (unpaired) electrons. The standard InChI is InChI=1S/C12H20N2O3/c1-2-4-12(5-3-6-13-12)11(17)14-7-9(8-14)10(15)16/h9,13H,2-8H2,1H3,(H,15,16). The number of likely N-dealkylation sites (tertiary alicyclic amines) is 1. The summed E-state index contributed by atoms with van der Waals surface area (Å²) in [5, 5.41) is 12.1. The molecule has 5 heteroatoms. The number of carboxylic acids is 1. The maximum Gasteiger partial charge on any atom is 0.310 e. The summed E-state index contributed by atoms with van der Waals surface area (Å²) in [4.78, 5) is 24.8. The normalized spacial score (nSPS) is 29.1. The van der Waals surface area contributed by atoms with Gasteiger partial charge in [0.05, 0.1) is 11.5 Å². The molecule has 2 saturated heterocycles. The van der Waals surface area contributed by atoms with Crippen LogP contribution in [0.3, 0.4) is 0 Å². The predicted octanol–water partition coefficient (Wildman–Crippen LogP) is 0.452. The van der Waals surface area contributed by atoms with Gasteiger partial charge in [0.15, 0.2) is 0 Å². The minimum Gasteiger partial charge on any atom is -0.481 e. The van der Waals surface area contributed by atoms with Crippen LogP contribution in [-0.4, -0.2) is 47.1 Å². The molecule has 2 N–H and O–H groups in total. The van der Waals surface area contributed by atoms with Crippen LogP contribution >= 0.6 is 0 Å². The number of nitrogens with one attached hydrogen (secondary N) is 1. The van der Waals surface area contributed by atoms with Gasteiger partial charge >= 0.3 is 5.97 Å². The Labute approximate surface area is 101 Å². The third-order valence-electron chi connectivity index (χ3n) is 3.85. The summed E-state index contributed by atoms with van der Waals surface area (Å²) in [6.07, 6.45) is 3.73. The minimum atomic E-state index is -0.794. The second kappa shape index (κ2) is 4.64. The van der Waals surface area contributed by atoms with Crippen molar-refractivity contribution in [2.24, 2.45) is 5.92 Å². The molecule has 1 amide bonds. The van der Waals surface area contributed by atoms with Crippen LogP contribution in [0.1, 0.15) is 32.6 Å². The second-order valence-corrected chi connectivity index (χ2v) is 5.11. The molecule has 1 atom stereocenters. The van der Waals surface area contributed by atoms with Crippen LogP contribution in [0.5, 0.6) is 0 Å². The third-order valence-corrected chi connectivity index (χ3v) is 3.85. The van der Waals surface area contributed by atoms with Gasteiger partial charge in [-0.2, -0.15) is 0 Å². The van der Waals surface area contributed by atoms with Crippen molar-refractivity contribution in [2.45, 2.75) is 38.1 Å². The predicted molar refractivity (Wildman–Crippen MR) is 62.6 cm³/mol. The van der Waals surface area contributed by atoms with Crippen LogP contribution in [0, 0.1) is 5.92 Å². The maximum absolute atomic E-state index is 12.4. The first-order valence-electron chi connectivity index (χ1n) is 6.36. The highest BCUT2D eigenvalue weighted by atomic mass is 16.4. The maximum atomic E-state index is 12.4. The number of nitrogens with zero attached hydrogens (tertiary/aromatic N) is 1. The van der Waals surface area contributed by atoms with Gasteiger partial charge in [-0.1, -0.05) is 13.3 Å². The van der Waals surface area contributed by atoms with E-state index < -0.39 is 11.5 Å². The molecule has 96 valence electrons. The number of carboxylic acid groups (broad SMARTS) is 1. The molecule has 0 aliphatic carbocycles. The molecule has 2 aliphatic heterocycles. The summed E-state index contributed by atoms with van der Waals surface area (Å²) in [5.41, 5.74) is -0.405. The lowest BCUT2D eigenvalue weighted by molar-refractivity contribution is -0.155. The van der Waals surface area contributed by atoms with Crippen molar-refractivity contribution in [3.63, 3.8) is 0 Å². The van der Waals surface area contributed by atoms with Crippen molar-refractivity contribution in [2.75, 3.05) is 19.6 Å². The van der Waals surface area contributed by atoms with Gasteiger partial charge in [0.1, 0.15) is 0 Å².